The molecule has 0 bridgehead atoms. The fourth-order valence-corrected chi connectivity index (χ4v) is 4.65. The lowest BCUT2D eigenvalue weighted by Crippen LogP contribution is -2.35. The summed E-state index contributed by atoms with van der Waals surface area (Å²) >= 11 is 0. The van der Waals surface area contributed by atoms with Crippen molar-refractivity contribution in [2.24, 2.45) is 0 Å². The van der Waals surface area contributed by atoms with Gasteiger partial charge in [0, 0.05) is 18.8 Å². The molecule has 0 saturated carbocycles. The molecule has 0 spiro atoms. The third-order valence-electron chi connectivity index (χ3n) is 4.90. The SMILES string of the molecule is Cc1ccc(NC(=O)c2cc(S(=O)(=O)N3CCCCC3)ccc2F)cc1C. The second kappa shape index (κ2) is 7.78. The molecule has 2 aromatic rings. The number of aryl methyl sites for hydroxylation is 2. The van der Waals surface area contributed by atoms with E-state index in [2.05, 4.69) is 5.32 Å². The number of amides is 1. The number of sulfonamides is 1. The van der Waals surface area contributed by atoms with Crippen molar-refractivity contribution < 1.29 is 17.6 Å². The molecule has 0 unspecified atom stereocenters. The normalized spacial score (nSPS) is 15.5. The predicted octanol–water partition coefficient (Wildman–Crippen LogP) is 3.87. The van der Waals surface area contributed by atoms with Gasteiger partial charge in [-0.2, -0.15) is 4.31 Å². The molecule has 1 amide bonds. The van der Waals surface area contributed by atoms with E-state index in [0.717, 1.165) is 42.5 Å². The third-order valence-corrected chi connectivity index (χ3v) is 6.79. The van der Waals surface area contributed by atoms with Crippen molar-refractivity contribution in [1.82, 2.24) is 4.31 Å². The van der Waals surface area contributed by atoms with Gasteiger partial charge in [-0.15, -0.1) is 0 Å². The number of nitrogens with one attached hydrogen (secondary N) is 1. The van der Waals surface area contributed by atoms with Gasteiger partial charge in [0.2, 0.25) is 10.0 Å². The quantitative estimate of drug-likeness (QED) is 0.862. The maximum Gasteiger partial charge on any atom is 0.258 e. The van der Waals surface area contributed by atoms with Gasteiger partial charge in [-0.25, -0.2) is 12.8 Å². The van der Waals surface area contributed by atoms with Crippen LogP contribution >= 0.6 is 0 Å². The third kappa shape index (κ3) is 4.20. The number of hydrogen-bond donors (Lipinski definition) is 1. The largest absolute Gasteiger partial charge is 0.322 e. The van der Waals surface area contributed by atoms with Gasteiger partial charge in [-0.1, -0.05) is 12.5 Å². The number of benzene rings is 2. The first kappa shape index (κ1) is 19.5. The van der Waals surface area contributed by atoms with Crippen LogP contribution in [0.25, 0.3) is 0 Å². The summed E-state index contributed by atoms with van der Waals surface area (Å²) in [5.74, 6) is -1.43. The maximum atomic E-state index is 14.2. The number of nitrogens with zero attached hydrogens (tertiary/aromatic N) is 1. The zero-order chi connectivity index (χ0) is 19.6. The van der Waals surface area contributed by atoms with Gasteiger partial charge in [-0.05, 0) is 68.1 Å². The lowest BCUT2D eigenvalue weighted by atomic mass is 10.1. The van der Waals surface area contributed by atoms with E-state index in [4.69, 9.17) is 0 Å². The summed E-state index contributed by atoms with van der Waals surface area (Å²) in [6, 6.07) is 8.75. The molecular weight excluding hydrogens is 367 g/mol. The molecule has 0 aromatic heterocycles. The molecule has 1 aliphatic rings. The summed E-state index contributed by atoms with van der Waals surface area (Å²) in [5, 5.41) is 2.64. The van der Waals surface area contributed by atoms with Crippen molar-refractivity contribution in [3.63, 3.8) is 0 Å². The molecule has 0 radical (unpaired) electrons. The van der Waals surface area contributed by atoms with E-state index in [1.54, 1.807) is 12.1 Å². The van der Waals surface area contributed by atoms with Crippen molar-refractivity contribution in [3.8, 4) is 0 Å². The van der Waals surface area contributed by atoms with Crippen LogP contribution in [0.2, 0.25) is 0 Å². The van der Waals surface area contributed by atoms with Crippen LogP contribution in [0.1, 0.15) is 40.7 Å². The Morgan fingerprint density at radius 1 is 1.00 bits per heavy atom. The first-order chi connectivity index (χ1) is 12.8. The van der Waals surface area contributed by atoms with Crippen molar-refractivity contribution in [3.05, 3.63) is 58.9 Å². The van der Waals surface area contributed by atoms with E-state index in [1.165, 1.54) is 10.4 Å². The van der Waals surface area contributed by atoms with Crippen molar-refractivity contribution >= 4 is 21.6 Å². The zero-order valence-corrected chi connectivity index (χ0v) is 16.3. The lowest BCUT2D eigenvalue weighted by Gasteiger charge is -2.26. The first-order valence-electron chi connectivity index (χ1n) is 8.97. The molecule has 1 heterocycles. The predicted molar refractivity (Wildman–Crippen MR) is 103 cm³/mol. The standard InChI is InChI=1S/C20H23FN2O3S/c1-14-6-7-16(12-15(14)2)22-20(24)18-13-17(8-9-19(18)21)27(25,26)23-10-4-3-5-11-23/h6-9,12-13H,3-5,10-11H2,1-2H3,(H,22,24). The van der Waals surface area contributed by atoms with Gasteiger partial charge in [-0.3, -0.25) is 4.79 Å². The summed E-state index contributed by atoms with van der Waals surface area (Å²) in [5.41, 5.74) is 2.32. The molecule has 1 fully saturated rings. The van der Waals surface area contributed by atoms with Crippen LogP contribution in [0, 0.1) is 19.7 Å². The van der Waals surface area contributed by atoms with Crippen molar-refractivity contribution in [2.45, 2.75) is 38.0 Å². The molecule has 1 saturated heterocycles. The molecule has 5 nitrogen and oxygen atoms in total. The van der Waals surface area contributed by atoms with Crippen LogP contribution < -0.4 is 5.32 Å². The summed E-state index contributed by atoms with van der Waals surface area (Å²) in [6.45, 7) is 4.76. The second-order valence-corrected chi connectivity index (χ2v) is 8.80. The minimum Gasteiger partial charge on any atom is -0.322 e. The average molecular weight is 390 g/mol. The minimum atomic E-state index is -3.73. The van der Waals surface area contributed by atoms with Gasteiger partial charge in [0.15, 0.2) is 0 Å². The second-order valence-electron chi connectivity index (χ2n) is 6.86. The van der Waals surface area contributed by atoms with Crippen LogP contribution in [0.5, 0.6) is 0 Å². The summed E-state index contributed by atoms with van der Waals surface area (Å²) in [6.07, 6.45) is 2.61. The van der Waals surface area contributed by atoms with Gasteiger partial charge in [0.25, 0.3) is 5.91 Å². The van der Waals surface area contributed by atoms with Gasteiger partial charge in [0.05, 0.1) is 10.5 Å². The minimum absolute atomic E-state index is 0.0592. The van der Waals surface area contributed by atoms with E-state index >= 15 is 0 Å². The number of rotatable bonds is 4. The molecule has 2 aromatic carbocycles. The Bertz CT molecular complexity index is 967. The molecule has 0 atom stereocenters. The number of carbonyl (C=O) groups excluding carboxylic acids is 1. The lowest BCUT2D eigenvalue weighted by molar-refractivity contribution is 0.102. The van der Waals surface area contributed by atoms with Gasteiger partial charge >= 0.3 is 0 Å². The topological polar surface area (TPSA) is 66.5 Å². The molecule has 144 valence electrons. The van der Waals surface area contributed by atoms with Crippen LogP contribution in [-0.4, -0.2) is 31.7 Å². The van der Waals surface area contributed by atoms with E-state index in [1.807, 2.05) is 19.9 Å². The van der Waals surface area contributed by atoms with Crippen LogP contribution in [0.3, 0.4) is 0 Å². The van der Waals surface area contributed by atoms with Crippen LogP contribution in [0.4, 0.5) is 10.1 Å². The highest BCUT2D eigenvalue weighted by Crippen LogP contribution is 2.23. The Kier molecular flexibility index (Phi) is 5.62. The fourth-order valence-electron chi connectivity index (χ4n) is 3.11. The van der Waals surface area contributed by atoms with Gasteiger partial charge in [0.1, 0.15) is 5.82 Å². The highest BCUT2D eigenvalue weighted by atomic mass is 32.2. The highest BCUT2D eigenvalue weighted by Gasteiger charge is 2.27. The van der Waals surface area contributed by atoms with E-state index in [-0.39, 0.29) is 10.5 Å². The van der Waals surface area contributed by atoms with E-state index in [9.17, 15) is 17.6 Å². The van der Waals surface area contributed by atoms with Crippen LogP contribution in [-0.2, 0) is 10.0 Å². The van der Waals surface area contributed by atoms with Crippen molar-refractivity contribution in [1.29, 1.82) is 0 Å². The number of piperidine rings is 1. The van der Waals surface area contributed by atoms with Gasteiger partial charge < -0.3 is 5.32 Å². The van der Waals surface area contributed by atoms with Crippen LogP contribution in [0.15, 0.2) is 41.3 Å². The van der Waals surface area contributed by atoms with E-state index in [0.29, 0.717) is 18.8 Å². The molecule has 1 aliphatic heterocycles. The summed E-state index contributed by atoms with van der Waals surface area (Å²) in [7, 11) is -3.73. The summed E-state index contributed by atoms with van der Waals surface area (Å²) in [4.78, 5) is 12.5. The molecule has 1 N–H and O–H groups in total. The Balaban J connectivity index is 1.88. The van der Waals surface area contributed by atoms with Crippen molar-refractivity contribution in [2.75, 3.05) is 18.4 Å². The number of anilines is 1. The Morgan fingerprint density at radius 3 is 2.37 bits per heavy atom. The Labute approximate surface area is 159 Å². The Hall–Kier alpha value is -2.25. The maximum absolute atomic E-state index is 14.2. The summed E-state index contributed by atoms with van der Waals surface area (Å²) < 4.78 is 41.2. The first-order valence-corrected chi connectivity index (χ1v) is 10.4. The average Bonchev–Trinajstić information content (AvgIpc) is 2.65. The monoisotopic (exact) mass is 390 g/mol. The van der Waals surface area contributed by atoms with E-state index < -0.39 is 21.7 Å². The number of carbonyl (C=O) groups is 1. The number of hydrogen-bond acceptors (Lipinski definition) is 3. The highest BCUT2D eigenvalue weighted by molar-refractivity contribution is 7.89. The molecule has 3 rings (SSSR count). The fraction of sp³-hybridized carbons (Fsp3) is 0.350. The molecule has 0 aliphatic carbocycles. The molecular formula is C20H23FN2O3S. The molecule has 27 heavy (non-hydrogen) atoms. The number of halogens is 1. The molecule has 7 heteroatoms. The Morgan fingerprint density at radius 2 is 1.70 bits per heavy atom. The smallest absolute Gasteiger partial charge is 0.258 e. The zero-order valence-electron chi connectivity index (χ0n) is 15.5.